The third-order valence-corrected chi connectivity index (χ3v) is 4.43. The monoisotopic (exact) mass is 327 g/mol. The Balaban J connectivity index is 1.55. The van der Waals surface area contributed by atoms with Crippen molar-refractivity contribution in [1.82, 2.24) is 24.7 Å². The first-order valence-corrected chi connectivity index (χ1v) is 8.46. The highest BCUT2D eigenvalue weighted by atomic mass is 16.2. The first-order valence-electron chi connectivity index (χ1n) is 8.46. The summed E-state index contributed by atoms with van der Waals surface area (Å²) < 4.78 is 1.96. The molecule has 0 atom stereocenters. The van der Waals surface area contributed by atoms with Crippen LogP contribution in [0.4, 0.5) is 0 Å². The van der Waals surface area contributed by atoms with Crippen molar-refractivity contribution in [3.05, 3.63) is 48.5 Å². The highest BCUT2D eigenvalue weighted by molar-refractivity contribution is 5.78. The maximum absolute atomic E-state index is 12.3. The molecule has 1 fully saturated rings. The summed E-state index contributed by atoms with van der Waals surface area (Å²) in [5.41, 5.74) is 2.13. The minimum Gasteiger partial charge on any atom is -0.351 e. The van der Waals surface area contributed by atoms with Crippen molar-refractivity contribution in [2.24, 2.45) is 0 Å². The fourth-order valence-corrected chi connectivity index (χ4v) is 3.02. The van der Waals surface area contributed by atoms with Gasteiger partial charge in [-0.2, -0.15) is 0 Å². The number of aromatic nitrogens is 2. The largest absolute Gasteiger partial charge is 0.351 e. The van der Waals surface area contributed by atoms with E-state index in [1.54, 1.807) is 12.5 Å². The molecule has 3 rings (SSSR count). The summed E-state index contributed by atoms with van der Waals surface area (Å²) in [4.78, 5) is 20.9. The van der Waals surface area contributed by atoms with Gasteiger partial charge in [0.05, 0.1) is 18.6 Å². The van der Waals surface area contributed by atoms with Gasteiger partial charge < -0.3 is 14.8 Å². The summed E-state index contributed by atoms with van der Waals surface area (Å²) in [5, 5.41) is 3.05. The number of hydrogen-bond acceptors (Lipinski definition) is 4. The third kappa shape index (κ3) is 4.43. The van der Waals surface area contributed by atoms with Crippen molar-refractivity contribution >= 4 is 5.91 Å². The first-order chi connectivity index (χ1) is 11.7. The van der Waals surface area contributed by atoms with E-state index in [1.165, 1.54) is 0 Å². The van der Waals surface area contributed by atoms with Crippen LogP contribution in [0.25, 0.3) is 5.69 Å². The average molecular weight is 327 g/mol. The predicted octanol–water partition coefficient (Wildman–Crippen LogP) is 1.13. The number of nitrogens with zero attached hydrogens (tertiary/aromatic N) is 4. The van der Waals surface area contributed by atoms with Gasteiger partial charge in [-0.05, 0) is 38.2 Å². The Bertz CT molecular complexity index is 655. The zero-order valence-electron chi connectivity index (χ0n) is 14.2. The van der Waals surface area contributed by atoms with E-state index in [-0.39, 0.29) is 5.91 Å². The summed E-state index contributed by atoms with van der Waals surface area (Å²) >= 11 is 0. The van der Waals surface area contributed by atoms with Crippen LogP contribution in [0, 0.1) is 0 Å². The minimum absolute atomic E-state index is 0.0833. The molecule has 6 nitrogen and oxygen atoms in total. The molecule has 1 N–H and O–H groups in total. The van der Waals surface area contributed by atoms with E-state index in [9.17, 15) is 4.79 Å². The fourth-order valence-electron chi connectivity index (χ4n) is 3.02. The van der Waals surface area contributed by atoms with Gasteiger partial charge in [0.2, 0.25) is 5.91 Å². The molecule has 1 aliphatic heterocycles. The second-order valence-electron chi connectivity index (χ2n) is 6.31. The van der Waals surface area contributed by atoms with E-state index in [0.29, 0.717) is 13.1 Å². The fraction of sp³-hybridized carbons (Fsp3) is 0.444. The van der Waals surface area contributed by atoms with E-state index >= 15 is 0 Å². The maximum atomic E-state index is 12.3. The lowest BCUT2D eigenvalue weighted by Crippen LogP contribution is -2.38. The van der Waals surface area contributed by atoms with Crippen LogP contribution in [-0.2, 0) is 11.3 Å². The molecule has 1 saturated heterocycles. The number of imidazole rings is 1. The van der Waals surface area contributed by atoms with Gasteiger partial charge in [-0.1, -0.05) is 18.2 Å². The number of para-hydroxylation sites is 1. The lowest BCUT2D eigenvalue weighted by atomic mass is 10.1. The van der Waals surface area contributed by atoms with Crippen molar-refractivity contribution in [2.75, 3.05) is 39.8 Å². The predicted molar refractivity (Wildman–Crippen MR) is 94.0 cm³/mol. The highest BCUT2D eigenvalue weighted by Crippen LogP contribution is 2.13. The van der Waals surface area contributed by atoms with Crippen molar-refractivity contribution in [3.63, 3.8) is 0 Å². The van der Waals surface area contributed by atoms with Gasteiger partial charge in [-0.3, -0.25) is 9.69 Å². The lowest BCUT2D eigenvalue weighted by molar-refractivity contribution is -0.122. The molecule has 6 heteroatoms. The molecule has 24 heavy (non-hydrogen) atoms. The summed E-state index contributed by atoms with van der Waals surface area (Å²) in [6.07, 6.45) is 6.56. The van der Waals surface area contributed by atoms with Gasteiger partial charge >= 0.3 is 0 Å². The van der Waals surface area contributed by atoms with E-state index < -0.39 is 0 Å². The Morgan fingerprint density at radius 1 is 1.21 bits per heavy atom. The van der Waals surface area contributed by atoms with Crippen LogP contribution in [0.5, 0.6) is 0 Å². The topological polar surface area (TPSA) is 53.4 Å². The Labute approximate surface area is 143 Å². The molecule has 2 aromatic rings. The van der Waals surface area contributed by atoms with E-state index in [0.717, 1.165) is 43.9 Å². The lowest BCUT2D eigenvalue weighted by Gasteiger charge is -2.19. The highest BCUT2D eigenvalue weighted by Gasteiger charge is 2.15. The number of likely N-dealkylation sites (N-methyl/N-ethyl adjacent to an activating group) is 1. The second kappa shape index (κ2) is 8.08. The number of nitrogens with one attached hydrogen (secondary N) is 1. The minimum atomic E-state index is 0.0833. The Morgan fingerprint density at radius 3 is 2.92 bits per heavy atom. The molecule has 1 aromatic heterocycles. The Hall–Kier alpha value is -2.18. The van der Waals surface area contributed by atoms with Gasteiger partial charge in [-0.15, -0.1) is 0 Å². The molecule has 0 bridgehead atoms. The Morgan fingerprint density at radius 2 is 2.08 bits per heavy atom. The zero-order valence-corrected chi connectivity index (χ0v) is 14.2. The van der Waals surface area contributed by atoms with Crippen LogP contribution in [0.2, 0.25) is 0 Å². The van der Waals surface area contributed by atoms with E-state index in [4.69, 9.17) is 0 Å². The van der Waals surface area contributed by atoms with E-state index in [2.05, 4.69) is 27.1 Å². The van der Waals surface area contributed by atoms with Gasteiger partial charge in [-0.25, -0.2) is 4.98 Å². The average Bonchev–Trinajstić information content (AvgIpc) is 3.05. The Kier molecular flexibility index (Phi) is 5.61. The second-order valence-corrected chi connectivity index (χ2v) is 6.31. The molecule has 0 radical (unpaired) electrons. The molecular formula is C18H25N5O. The number of benzene rings is 1. The summed E-state index contributed by atoms with van der Waals surface area (Å²) in [5.74, 6) is 0.0833. The SMILES string of the molecule is CN1CCCN(CC(=O)NCc2ccccc2-n2ccnc2)CC1. The van der Waals surface area contributed by atoms with Crippen LogP contribution in [0.1, 0.15) is 12.0 Å². The number of rotatable bonds is 5. The quantitative estimate of drug-likeness (QED) is 0.894. The number of amides is 1. The van der Waals surface area contributed by atoms with Crippen molar-refractivity contribution in [1.29, 1.82) is 0 Å². The molecule has 1 aliphatic rings. The molecule has 1 aromatic carbocycles. The summed E-state index contributed by atoms with van der Waals surface area (Å²) in [7, 11) is 2.14. The van der Waals surface area contributed by atoms with Gasteiger partial charge in [0.25, 0.3) is 0 Å². The van der Waals surface area contributed by atoms with Crippen molar-refractivity contribution in [2.45, 2.75) is 13.0 Å². The molecule has 0 aliphatic carbocycles. The molecule has 128 valence electrons. The van der Waals surface area contributed by atoms with Crippen molar-refractivity contribution in [3.8, 4) is 5.69 Å². The molecule has 2 heterocycles. The third-order valence-electron chi connectivity index (χ3n) is 4.43. The normalized spacial score (nSPS) is 16.7. The first kappa shape index (κ1) is 16.7. The van der Waals surface area contributed by atoms with Crippen LogP contribution in [-0.4, -0.2) is 65.0 Å². The van der Waals surface area contributed by atoms with Crippen LogP contribution < -0.4 is 5.32 Å². The van der Waals surface area contributed by atoms with Crippen LogP contribution in [0.15, 0.2) is 43.0 Å². The number of carbonyl (C=O) groups is 1. The molecule has 0 saturated carbocycles. The standard InChI is InChI=1S/C18H25N5O/c1-21-8-4-9-22(12-11-21)14-18(24)20-13-16-5-2-3-6-17(16)23-10-7-19-15-23/h2-3,5-7,10,15H,4,8-9,11-14H2,1H3,(H,20,24). The van der Waals surface area contributed by atoms with Gasteiger partial charge in [0, 0.05) is 32.0 Å². The summed E-state index contributed by atoms with van der Waals surface area (Å²) in [6.45, 7) is 5.08. The maximum Gasteiger partial charge on any atom is 0.234 e. The molecular weight excluding hydrogens is 302 g/mol. The summed E-state index contributed by atoms with van der Waals surface area (Å²) in [6, 6.07) is 8.06. The van der Waals surface area contributed by atoms with Crippen LogP contribution in [0.3, 0.4) is 0 Å². The van der Waals surface area contributed by atoms with Gasteiger partial charge in [0.1, 0.15) is 0 Å². The van der Waals surface area contributed by atoms with Gasteiger partial charge in [0.15, 0.2) is 0 Å². The smallest absolute Gasteiger partial charge is 0.234 e. The molecule has 1 amide bonds. The number of carbonyl (C=O) groups excluding carboxylic acids is 1. The van der Waals surface area contributed by atoms with Crippen LogP contribution >= 0.6 is 0 Å². The molecule has 0 spiro atoms. The number of hydrogen-bond donors (Lipinski definition) is 1. The van der Waals surface area contributed by atoms with E-state index in [1.807, 2.05) is 35.0 Å². The van der Waals surface area contributed by atoms with Crippen molar-refractivity contribution < 1.29 is 4.79 Å². The zero-order chi connectivity index (χ0) is 16.8. The molecule has 0 unspecified atom stereocenters.